The molecule has 0 aliphatic carbocycles. The Morgan fingerprint density at radius 1 is 0.949 bits per heavy atom. The average Bonchev–Trinajstić information content (AvgIpc) is 2.89. The molecule has 2 saturated heterocycles. The molecule has 11 heteroatoms. The van der Waals surface area contributed by atoms with Crippen LogP contribution in [0.2, 0.25) is 0 Å². The second-order valence-electron chi connectivity index (χ2n) is 9.84. The van der Waals surface area contributed by atoms with E-state index in [0.29, 0.717) is 37.7 Å². The number of ether oxygens (including phenoxy) is 1. The number of alkyl halides is 3. The minimum absolute atomic E-state index is 0.00430. The molecule has 0 unspecified atom stereocenters. The van der Waals surface area contributed by atoms with E-state index in [0.717, 1.165) is 24.2 Å². The molecule has 0 saturated carbocycles. The molecule has 0 atom stereocenters. The van der Waals surface area contributed by atoms with E-state index in [-0.39, 0.29) is 29.9 Å². The zero-order valence-electron chi connectivity index (χ0n) is 21.1. The molecule has 5 rings (SSSR count). The van der Waals surface area contributed by atoms with Crippen molar-refractivity contribution < 1.29 is 27.5 Å². The van der Waals surface area contributed by atoms with Crippen LogP contribution in [-0.4, -0.2) is 59.5 Å². The number of nitrogens with zero attached hydrogens (tertiary/aromatic N) is 4. The van der Waals surface area contributed by atoms with Crippen molar-refractivity contribution >= 4 is 23.2 Å². The maximum absolute atomic E-state index is 12.7. The molecule has 204 valence electrons. The molecule has 2 amide bonds. The Bertz CT molecular complexity index is 1270. The third-order valence-corrected chi connectivity index (χ3v) is 7.20. The first-order valence-corrected chi connectivity index (χ1v) is 12.8. The molecule has 1 N–H and O–H groups in total. The Morgan fingerprint density at radius 3 is 2.26 bits per heavy atom. The van der Waals surface area contributed by atoms with Gasteiger partial charge in [-0.25, -0.2) is 0 Å². The van der Waals surface area contributed by atoms with Gasteiger partial charge in [-0.1, -0.05) is 24.3 Å². The lowest BCUT2D eigenvalue weighted by Crippen LogP contribution is -2.52. The van der Waals surface area contributed by atoms with E-state index in [4.69, 9.17) is 0 Å². The van der Waals surface area contributed by atoms with Crippen molar-refractivity contribution in [2.45, 2.75) is 31.5 Å². The van der Waals surface area contributed by atoms with Crippen LogP contribution < -0.4 is 15.0 Å². The quantitative estimate of drug-likeness (QED) is 0.479. The minimum Gasteiger partial charge on any atom is -0.406 e. The zero-order valence-corrected chi connectivity index (χ0v) is 21.1. The van der Waals surface area contributed by atoms with Crippen LogP contribution in [0.5, 0.6) is 5.75 Å². The maximum atomic E-state index is 12.7. The highest BCUT2D eigenvalue weighted by Crippen LogP contribution is 2.30. The van der Waals surface area contributed by atoms with Gasteiger partial charge in [0.25, 0.3) is 0 Å². The molecule has 2 fully saturated rings. The molecule has 3 heterocycles. The predicted molar refractivity (Wildman–Crippen MR) is 138 cm³/mol. The van der Waals surface area contributed by atoms with Crippen molar-refractivity contribution in [3.63, 3.8) is 0 Å². The first-order chi connectivity index (χ1) is 18.7. The lowest BCUT2D eigenvalue weighted by atomic mass is 9.89. The Balaban J connectivity index is 1.05. The van der Waals surface area contributed by atoms with Gasteiger partial charge in [-0.3, -0.25) is 9.59 Å². The molecule has 3 aromatic rings. The van der Waals surface area contributed by atoms with Crippen LogP contribution in [0, 0.1) is 5.92 Å². The van der Waals surface area contributed by atoms with Gasteiger partial charge >= 0.3 is 6.36 Å². The van der Waals surface area contributed by atoms with Crippen molar-refractivity contribution in [2.75, 3.05) is 36.4 Å². The molecule has 8 nitrogen and oxygen atoms in total. The number of aromatic nitrogens is 2. The molecular weight excluding hydrogens is 511 g/mol. The Kier molecular flexibility index (Phi) is 7.67. The number of amides is 2. The maximum Gasteiger partial charge on any atom is 0.573 e. The van der Waals surface area contributed by atoms with Crippen LogP contribution in [0.25, 0.3) is 0 Å². The van der Waals surface area contributed by atoms with Crippen LogP contribution in [0.3, 0.4) is 0 Å². The van der Waals surface area contributed by atoms with E-state index >= 15 is 0 Å². The smallest absolute Gasteiger partial charge is 0.406 e. The summed E-state index contributed by atoms with van der Waals surface area (Å²) in [5.74, 6) is -0.127. The molecule has 2 aromatic carbocycles. The number of carbonyl (C=O) groups is 2. The molecule has 0 bridgehead atoms. The van der Waals surface area contributed by atoms with Crippen molar-refractivity contribution in [1.29, 1.82) is 0 Å². The van der Waals surface area contributed by atoms with Crippen LogP contribution in [0.4, 0.5) is 24.5 Å². The summed E-state index contributed by atoms with van der Waals surface area (Å²) in [4.78, 5) is 29.2. The van der Waals surface area contributed by atoms with Gasteiger partial charge in [0.05, 0.1) is 30.4 Å². The Hall–Kier alpha value is -4.15. The van der Waals surface area contributed by atoms with Gasteiger partial charge in [-0.15, -0.1) is 13.2 Å². The van der Waals surface area contributed by atoms with Gasteiger partial charge in [-0.2, -0.15) is 10.2 Å². The lowest BCUT2D eigenvalue weighted by Gasteiger charge is -2.39. The molecule has 2 aliphatic heterocycles. The standard InChI is InChI=1S/C28H28F3N5O3/c29-28(30,31)39-25-7-1-19(2-8-25)15-26(37)35-13-10-21(11-14-35)20-3-5-23(6-4-20)34-27(38)22-17-36(18-22)24-9-12-32-33-16-24/h1-9,12,16,21-22H,10-11,13-15,17-18H2,(H,34,38). The summed E-state index contributed by atoms with van der Waals surface area (Å²) in [6.45, 7) is 2.51. The third kappa shape index (κ3) is 6.84. The number of anilines is 2. The summed E-state index contributed by atoms with van der Waals surface area (Å²) in [5.41, 5.74) is 3.52. The van der Waals surface area contributed by atoms with Crippen LogP contribution in [0.15, 0.2) is 67.0 Å². The first kappa shape index (κ1) is 26.5. The van der Waals surface area contributed by atoms with Crippen LogP contribution in [0.1, 0.15) is 29.9 Å². The third-order valence-electron chi connectivity index (χ3n) is 7.20. The van der Waals surface area contributed by atoms with E-state index in [1.54, 1.807) is 17.3 Å². The lowest BCUT2D eigenvalue weighted by molar-refractivity contribution is -0.274. The minimum atomic E-state index is -4.74. The predicted octanol–water partition coefficient (Wildman–Crippen LogP) is 4.40. The number of carbonyl (C=O) groups excluding carboxylic acids is 2. The Labute approximate surface area is 223 Å². The molecule has 39 heavy (non-hydrogen) atoms. The molecule has 1 aromatic heterocycles. The van der Waals surface area contributed by atoms with E-state index in [1.807, 2.05) is 30.3 Å². The Morgan fingerprint density at radius 2 is 1.64 bits per heavy atom. The van der Waals surface area contributed by atoms with Gasteiger partial charge in [0.1, 0.15) is 5.75 Å². The zero-order chi connectivity index (χ0) is 27.4. The summed E-state index contributed by atoms with van der Waals surface area (Å²) in [6, 6.07) is 15.2. The van der Waals surface area contributed by atoms with Crippen molar-refractivity contribution in [1.82, 2.24) is 15.1 Å². The molecule has 0 spiro atoms. The summed E-state index contributed by atoms with van der Waals surface area (Å²) in [6.07, 6.45) is 0.341. The number of piperidine rings is 1. The van der Waals surface area contributed by atoms with Gasteiger partial charge in [0.15, 0.2) is 0 Å². The number of rotatable bonds is 7. The van der Waals surface area contributed by atoms with Crippen molar-refractivity contribution in [3.05, 3.63) is 78.1 Å². The summed E-state index contributed by atoms with van der Waals surface area (Å²) >= 11 is 0. The summed E-state index contributed by atoms with van der Waals surface area (Å²) in [5, 5.41) is 10.6. The molecule has 2 aliphatic rings. The number of halogens is 3. The largest absolute Gasteiger partial charge is 0.573 e. The normalized spacial score (nSPS) is 16.5. The SMILES string of the molecule is O=C(Nc1ccc(C2CCN(C(=O)Cc3ccc(OC(F)(F)F)cc3)CC2)cc1)C1CN(c2ccnnc2)C1. The number of hydrogen-bond acceptors (Lipinski definition) is 6. The average molecular weight is 540 g/mol. The number of nitrogens with one attached hydrogen (secondary N) is 1. The second-order valence-corrected chi connectivity index (χ2v) is 9.84. The fourth-order valence-electron chi connectivity index (χ4n) is 4.97. The van der Waals surface area contributed by atoms with Gasteiger partial charge in [-0.05, 0) is 60.2 Å². The van der Waals surface area contributed by atoms with Gasteiger partial charge in [0.2, 0.25) is 11.8 Å². The monoisotopic (exact) mass is 539 g/mol. The van der Waals surface area contributed by atoms with Crippen LogP contribution in [-0.2, 0) is 16.0 Å². The topological polar surface area (TPSA) is 87.7 Å². The number of benzene rings is 2. The van der Waals surface area contributed by atoms with Crippen LogP contribution >= 0.6 is 0 Å². The first-order valence-electron chi connectivity index (χ1n) is 12.8. The van der Waals surface area contributed by atoms with Gasteiger partial charge in [0, 0.05) is 31.9 Å². The highest BCUT2D eigenvalue weighted by molar-refractivity contribution is 5.94. The number of likely N-dealkylation sites (tertiary alicyclic amines) is 1. The van der Waals surface area contributed by atoms with Gasteiger partial charge < -0.3 is 19.9 Å². The fourth-order valence-corrected chi connectivity index (χ4v) is 4.97. The van der Waals surface area contributed by atoms with E-state index in [1.165, 1.54) is 29.8 Å². The second kappa shape index (κ2) is 11.3. The number of hydrogen-bond donors (Lipinski definition) is 1. The van der Waals surface area contributed by atoms with Crippen molar-refractivity contribution in [3.8, 4) is 5.75 Å². The highest BCUT2D eigenvalue weighted by Gasteiger charge is 2.33. The fraction of sp³-hybridized carbons (Fsp3) is 0.357. The summed E-state index contributed by atoms with van der Waals surface area (Å²) < 4.78 is 40.8. The van der Waals surface area contributed by atoms with E-state index in [2.05, 4.69) is 25.2 Å². The highest BCUT2D eigenvalue weighted by atomic mass is 19.4. The molecule has 0 radical (unpaired) electrons. The summed E-state index contributed by atoms with van der Waals surface area (Å²) in [7, 11) is 0. The van der Waals surface area contributed by atoms with Crippen molar-refractivity contribution in [2.24, 2.45) is 5.92 Å². The van der Waals surface area contributed by atoms with E-state index in [9.17, 15) is 22.8 Å². The molecular formula is C28H28F3N5O3. The van der Waals surface area contributed by atoms with E-state index < -0.39 is 6.36 Å².